The van der Waals surface area contributed by atoms with E-state index in [0.29, 0.717) is 12.8 Å². The van der Waals surface area contributed by atoms with Gasteiger partial charge in [-0.3, -0.25) is 9.59 Å². The summed E-state index contributed by atoms with van der Waals surface area (Å²) < 4.78 is 11.4. The lowest BCUT2D eigenvalue weighted by Crippen LogP contribution is -2.55. The molecule has 1 aromatic carbocycles. The Morgan fingerprint density at radius 1 is 1.06 bits per heavy atom. The molecule has 0 radical (unpaired) electrons. The van der Waals surface area contributed by atoms with Crippen LogP contribution < -0.4 is 0 Å². The van der Waals surface area contributed by atoms with Gasteiger partial charge in [0.2, 0.25) is 0 Å². The van der Waals surface area contributed by atoms with Gasteiger partial charge in [-0.05, 0) is 24.8 Å². The minimum atomic E-state index is -1.38. The van der Waals surface area contributed by atoms with Crippen molar-refractivity contribution in [2.45, 2.75) is 84.1 Å². The molecule has 0 saturated carbocycles. The number of aliphatic hydroxyl groups excluding tert-OH is 2. The largest absolute Gasteiger partial charge is 0.507 e. The number of carbonyl (C=O) groups is 2. The SMILES string of the molecule is CC[C@@H]1O[C@]12[C@H](O)C[C@@H]([C@@H](CC(C)C)C(=O)c1cc(C(=O)C(C)C)c(O)cc1O)O[C@H]2O. The van der Waals surface area contributed by atoms with E-state index in [9.17, 15) is 30.0 Å². The van der Waals surface area contributed by atoms with Crippen molar-refractivity contribution in [1.29, 1.82) is 0 Å². The average Bonchev–Trinajstić information content (AvgIpc) is 3.45. The van der Waals surface area contributed by atoms with Gasteiger partial charge in [0.15, 0.2) is 23.5 Å². The number of ether oxygens (including phenoxy) is 2. The maximum absolute atomic E-state index is 13.5. The summed E-state index contributed by atoms with van der Waals surface area (Å²) >= 11 is 0. The number of hydrogen-bond acceptors (Lipinski definition) is 8. The van der Waals surface area contributed by atoms with Crippen LogP contribution in [-0.2, 0) is 9.47 Å². The van der Waals surface area contributed by atoms with Crippen molar-refractivity contribution in [1.82, 2.24) is 0 Å². The highest BCUT2D eigenvalue weighted by atomic mass is 16.7. The number of rotatable bonds is 8. The Morgan fingerprint density at radius 2 is 1.66 bits per heavy atom. The van der Waals surface area contributed by atoms with E-state index in [1.807, 2.05) is 20.8 Å². The molecule has 8 nitrogen and oxygen atoms in total. The molecule has 0 aromatic heterocycles. The summed E-state index contributed by atoms with van der Waals surface area (Å²) in [5, 5.41) is 41.9. The molecule has 0 aliphatic carbocycles. The van der Waals surface area contributed by atoms with E-state index < -0.39 is 53.2 Å². The third-order valence-corrected chi connectivity index (χ3v) is 6.51. The van der Waals surface area contributed by atoms with Crippen LogP contribution in [0.4, 0.5) is 0 Å². The first-order valence-electron chi connectivity index (χ1n) is 11.3. The van der Waals surface area contributed by atoms with Gasteiger partial charge in [-0.25, -0.2) is 0 Å². The Hall–Kier alpha value is -2.00. The topological polar surface area (TPSA) is 137 Å². The summed E-state index contributed by atoms with van der Waals surface area (Å²) in [7, 11) is 0. The van der Waals surface area contributed by atoms with Gasteiger partial charge < -0.3 is 29.9 Å². The quantitative estimate of drug-likeness (QED) is 0.351. The predicted octanol–water partition coefficient (Wildman–Crippen LogP) is 2.80. The summed E-state index contributed by atoms with van der Waals surface area (Å²) in [6.07, 6.45) is -2.41. The lowest BCUT2D eigenvalue weighted by Gasteiger charge is -2.39. The smallest absolute Gasteiger partial charge is 0.189 e. The molecule has 4 N–H and O–H groups in total. The number of phenolic OH excluding ortho intramolecular Hbond substituents is 2. The molecular formula is C24H34O8. The van der Waals surface area contributed by atoms with Crippen molar-refractivity contribution in [2.24, 2.45) is 17.8 Å². The molecule has 32 heavy (non-hydrogen) atoms. The molecule has 1 aromatic rings. The molecule has 0 unspecified atom stereocenters. The first kappa shape index (κ1) is 24.6. The highest BCUT2D eigenvalue weighted by molar-refractivity contribution is 6.06. The Kier molecular flexibility index (Phi) is 7.00. The highest BCUT2D eigenvalue weighted by Crippen LogP contribution is 2.50. The van der Waals surface area contributed by atoms with Gasteiger partial charge in [0.05, 0.1) is 29.4 Å². The zero-order valence-electron chi connectivity index (χ0n) is 19.2. The molecule has 2 aliphatic heterocycles. The lowest BCUT2D eigenvalue weighted by atomic mass is 9.79. The van der Waals surface area contributed by atoms with Gasteiger partial charge in [-0.2, -0.15) is 0 Å². The van der Waals surface area contributed by atoms with Crippen LogP contribution in [0.15, 0.2) is 12.1 Å². The fraction of sp³-hybridized carbons (Fsp3) is 0.667. The van der Waals surface area contributed by atoms with E-state index in [0.717, 1.165) is 6.07 Å². The van der Waals surface area contributed by atoms with Gasteiger partial charge in [-0.1, -0.05) is 34.6 Å². The number of phenols is 2. The average molecular weight is 451 g/mol. The highest BCUT2D eigenvalue weighted by Gasteiger charge is 2.68. The molecule has 0 bridgehead atoms. The van der Waals surface area contributed by atoms with Gasteiger partial charge in [0.1, 0.15) is 11.5 Å². The van der Waals surface area contributed by atoms with E-state index in [2.05, 4.69) is 0 Å². The molecule has 0 amide bonds. The normalized spacial score (nSPS) is 30.7. The molecule has 2 saturated heterocycles. The maximum Gasteiger partial charge on any atom is 0.189 e. The number of hydrogen-bond donors (Lipinski definition) is 4. The molecule has 1 spiro atoms. The molecule has 2 fully saturated rings. The number of Topliss-reactive ketones (excluding diaryl/α,β-unsaturated/α-hetero) is 2. The van der Waals surface area contributed by atoms with E-state index in [4.69, 9.17) is 9.47 Å². The van der Waals surface area contributed by atoms with Crippen molar-refractivity contribution >= 4 is 11.6 Å². The Morgan fingerprint density at radius 3 is 2.12 bits per heavy atom. The van der Waals surface area contributed by atoms with E-state index >= 15 is 0 Å². The second-order valence-corrected chi connectivity index (χ2v) is 9.65. The van der Waals surface area contributed by atoms with Crippen molar-refractivity contribution in [2.75, 3.05) is 0 Å². The fourth-order valence-corrected chi connectivity index (χ4v) is 4.70. The number of epoxide rings is 1. The molecule has 6 atom stereocenters. The fourth-order valence-electron chi connectivity index (χ4n) is 4.70. The van der Waals surface area contributed by atoms with Crippen LogP contribution in [0.2, 0.25) is 0 Å². The van der Waals surface area contributed by atoms with Crippen LogP contribution in [-0.4, -0.2) is 62.2 Å². The van der Waals surface area contributed by atoms with Gasteiger partial charge in [0.25, 0.3) is 0 Å². The minimum absolute atomic E-state index is 0.0369. The summed E-state index contributed by atoms with van der Waals surface area (Å²) in [4.78, 5) is 26.0. The predicted molar refractivity (Wildman–Crippen MR) is 116 cm³/mol. The van der Waals surface area contributed by atoms with Gasteiger partial charge in [0, 0.05) is 24.3 Å². The number of aromatic hydroxyl groups is 2. The minimum Gasteiger partial charge on any atom is -0.507 e. The van der Waals surface area contributed by atoms with E-state index in [1.54, 1.807) is 13.8 Å². The molecule has 178 valence electrons. The molecule has 8 heteroatoms. The van der Waals surface area contributed by atoms with Crippen LogP contribution in [0.3, 0.4) is 0 Å². The van der Waals surface area contributed by atoms with Crippen LogP contribution in [0.25, 0.3) is 0 Å². The Balaban J connectivity index is 1.93. The number of aliphatic hydroxyl groups is 2. The monoisotopic (exact) mass is 450 g/mol. The van der Waals surface area contributed by atoms with Crippen molar-refractivity contribution in [3.63, 3.8) is 0 Å². The number of ketones is 2. The molecule has 2 heterocycles. The molecule has 2 aliphatic rings. The first-order valence-corrected chi connectivity index (χ1v) is 11.3. The summed E-state index contributed by atoms with van der Waals surface area (Å²) in [6.45, 7) is 9.10. The zero-order valence-corrected chi connectivity index (χ0v) is 19.2. The van der Waals surface area contributed by atoms with Crippen molar-refractivity contribution in [3.8, 4) is 11.5 Å². The van der Waals surface area contributed by atoms with Crippen LogP contribution in [0.1, 0.15) is 74.6 Å². The second-order valence-electron chi connectivity index (χ2n) is 9.65. The molecule has 3 rings (SSSR count). The summed E-state index contributed by atoms with van der Waals surface area (Å²) in [5.74, 6) is -2.77. The van der Waals surface area contributed by atoms with Crippen LogP contribution in [0, 0.1) is 17.8 Å². The summed E-state index contributed by atoms with van der Waals surface area (Å²) in [5.41, 5.74) is -1.29. The third kappa shape index (κ3) is 4.29. The van der Waals surface area contributed by atoms with Crippen LogP contribution >= 0.6 is 0 Å². The summed E-state index contributed by atoms with van der Waals surface area (Å²) in [6, 6.07) is 2.22. The second kappa shape index (κ2) is 9.09. The maximum atomic E-state index is 13.5. The Bertz CT molecular complexity index is 865. The zero-order chi connectivity index (χ0) is 24.0. The first-order chi connectivity index (χ1) is 14.9. The van der Waals surface area contributed by atoms with Gasteiger partial charge in [-0.15, -0.1) is 0 Å². The third-order valence-electron chi connectivity index (χ3n) is 6.51. The lowest BCUT2D eigenvalue weighted by molar-refractivity contribution is -0.239. The standard InChI is InChI=1S/C24H34O8/c1-6-20-24(32-20)19(27)10-18(31-23(24)30)15(7-11(2)3)22(29)14-8-13(21(28)12(4)5)16(25)9-17(14)26/h8-9,11-12,15,18-20,23,25-27,30H,6-7,10H2,1-5H3/t15-,18+,19-,20+,23-,24-/m1/s1. The van der Waals surface area contributed by atoms with E-state index in [-0.39, 0.29) is 35.4 Å². The Labute approximate surface area is 188 Å². The van der Waals surface area contributed by atoms with Crippen molar-refractivity contribution in [3.05, 3.63) is 23.3 Å². The van der Waals surface area contributed by atoms with Gasteiger partial charge >= 0.3 is 0 Å². The van der Waals surface area contributed by atoms with Crippen LogP contribution in [0.5, 0.6) is 11.5 Å². The molecular weight excluding hydrogens is 416 g/mol. The number of benzene rings is 1. The van der Waals surface area contributed by atoms with Crippen molar-refractivity contribution < 1.29 is 39.5 Å². The number of carbonyl (C=O) groups excluding carboxylic acids is 2. The van der Waals surface area contributed by atoms with E-state index in [1.165, 1.54) is 6.07 Å².